The van der Waals surface area contributed by atoms with Gasteiger partial charge in [0, 0.05) is 25.3 Å². The zero-order valence-corrected chi connectivity index (χ0v) is 24.1. The molecule has 2 saturated heterocycles. The summed E-state index contributed by atoms with van der Waals surface area (Å²) in [7, 11) is 3.94. The molecule has 0 bridgehead atoms. The molecule has 2 aliphatic heterocycles. The molecule has 12 heteroatoms. The number of hydrogen-bond donors (Lipinski definition) is 7. The minimum absolute atomic E-state index is 0.357. The van der Waals surface area contributed by atoms with E-state index in [4.69, 9.17) is 18.9 Å². The largest absolute Gasteiger partial charge is 0.462 e. The molecular formula is C31H39NO11. The number of allylic oxidation sites excluding steroid dienone is 1. The number of aliphatic hydroxyl groups excluding tert-OH is 7. The standard InChI is InChI=1S/C31H39NO11/c1-17-8-9-19(7-5-4-6-18-10-12-20(13-11-18)32(2)3)14-21(17)40-30-28(39)26(37)29(23(16-34)42-30)43-31-27(38)25(36)24(35)22(15-33)41-31/h5,7-14,22-31,33-39H,15-16H2,1-3H3/b7-5+/t22?,23?,24-,25?,26?,27?,28?,29-,30-,31+/m1/s1. The van der Waals surface area contributed by atoms with Crippen molar-refractivity contribution in [2.24, 2.45) is 0 Å². The molecule has 0 aliphatic carbocycles. The second kappa shape index (κ2) is 14.6. The van der Waals surface area contributed by atoms with Gasteiger partial charge in [-0.15, -0.1) is 0 Å². The first kappa shape index (κ1) is 32.8. The summed E-state index contributed by atoms with van der Waals surface area (Å²) in [4.78, 5) is 2.01. The van der Waals surface area contributed by atoms with Gasteiger partial charge in [0.25, 0.3) is 0 Å². The predicted octanol–water partition coefficient (Wildman–Crippen LogP) is -0.871. The number of aliphatic hydroxyl groups is 7. The lowest BCUT2D eigenvalue weighted by Gasteiger charge is -2.45. The lowest BCUT2D eigenvalue weighted by molar-refractivity contribution is -0.352. The summed E-state index contributed by atoms with van der Waals surface area (Å²) in [5.41, 5.74) is 3.42. The number of benzene rings is 2. The Bertz CT molecular complexity index is 1290. The maximum absolute atomic E-state index is 10.9. The van der Waals surface area contributed by atoms with Crippen molar-refractivity contribution in [1.82, 2.24) is 0 Å². The fourth-order valence-corrected chi connectivity index (χ4v) is 4.73. The van der Waals surface area contributed by atoms with E-state index in [2.05, 4.69) is 11.8 Å². The molecule has 0 radical (unpaired) electrons. The minimum Gasteiger partial charge on any atom is -0.462 e. The van der Waals surface area contributed by atoms with E-state index < -0.39 is 74.6 Å². The fourth-order valence-electron chi connectivity index (χ4n) is 4.73. The highest BCUT2D eigenvalue weighted by molar-refractivity contribution is 5.57. The van der Waals surface area contributed by atoms with E-state index in [1.54, 1.807) is 25.1 Å². The maximum Gasteiger partial charge on any atom is 0.229 e. The van der Waals surface area contributed by atoms with E-state index in [1.807, 2.05) is 55.4 Å². The van der Waals surface area contributed by atoms with Crippen LogP contribution in [-0.2, 0) is 14.2 Å². The molecule has 6 unspecified atom stereocenters. The van der Waals surface area contributed by atoms with E-state index in [0.29, 0.717) is 5.75 Å². The molecule has 2 fully saturated rings. The van der Waals surface area contributed by atoms with Crippen molar-refractivity contribution in [3.05, 3.63) is 65.2 Å². The normalized spacial score (nSPS) is 32.7. The van der Waals surface area contributed by atoms with E-state index in [0.717, 1.165) is 22.4 Å². The van der Waals surface area contributed by atoms with Gasteiger partial charge in [-0.25, -0.2) is 0 Å². The molecule has 0 spiro atoms. The van der Waals surface area contributed by atoms with Crippen LogP contribution in [0, 0.1) is 18.8 Å². The molecule has 2 aromatic carbocycles. The van der Waals surface area contributed by atoms with E-state index in [9.17, 15) is 35.7 Å². The van der Waals surface area contributed by atoms with Crippen LogP contribution in [0.15, 0.2) is 48.5 Å². The molecule has 43 heavy (non-hydrogen) atoms. The molecule has 2 heterocycles. The third kappa shape index (κ3) is 7.72. The van der Waals surface area contributed by atoms with E-state index >= 15 is 0 Å². The van der Waals surface area contributed by atoms with Crippen LogP contribution in [0.1, 0.15) is 16.7 Å². The number of nitrogens with zero attached hydrogens (tertiary/aromatic N) is 1. The van der Waals surface area contributed by atoms with Gasteiger partial charge in [0.2, 0.25) is 6.29 Å². The van der Waals surface area contributed by atoms with Crippen molar-refractivity contribution in [2.45, 2.75) is 68.3 Å². The molecule has 0 amide bonds. The van der Waals surface area contributed by atoms with Crippen molar-refractivity contribution in [1.29, 1.82) is 0 Å². The molecule has 4 rings (SSSR count). The second-order valence-corrected chi connectivity index (χ2v) is 10.7. The highest BCUT2D eigenvalue weighted by Crippen LogP contribution is 2.31. The third-order valence-corrected chi connectivity index (χ3v) is 7.38. The van der Waals surface area contributed by atoms with Crippen LogP contribution in [0.5, 0.6) is 5.75 Å². The Morgan fingerprint density at radius 2 is 1.47 bits per heavy atom. The Kier molecular flexibility index (Phi) is 11.2. The van der Waals surface area contributed by atoms with Gasteiger partial charge in [0.05, 0.1) is 13.2 Å². The quantitative estimate of drug-likeness (QED) is 0.186. The summed E-state index contributed by atoms with van der Waals surface area (Å²) in [6.07, 6.45) is -11.8. The first-order valence-electron chi connectivity index (χ1n) is 13.8. The van der Waals surface area contributed by atoms with Crippen LogP contribution in [0.3, 0.4) is 0 Å². The van der Waals surface area contributed by atoms with Crippen LogP contribution < -0.4 is 9.64 Å². The lowest BCUT2D eigenvalue weighted by atomic mass is 9.97. The van der Waals surface area contributed by atoms with E-state index in [-0.39, 0.29) is 0 Å². The first-order valence-corrected chi connectivity index (χ1v) is 13.8. The van der Waals surface area contributed by atoms with Crippen molar-refractivity contribution in [3.63, 3.8) is 0 Å². The van der Waals surface area contributed by atoms with Gasteiger partial charge in [0.15, 0.2) is 6.29 Å². The summed E-state index contributed by atoms with van der Waals surface area (Å²) in [6, 6.07) is 13.2. The van der Waals surface area contributed by atoms with Gasteiger partial charge in [-0.05, 0) is 60.5 Å². The highest BCUT2D eigenvalue weighted by atomic mass is 16.7. The topological polar surface area (TPSA) is 182 Å². The van der Waals surface area contributed by atoms with Gasteiger partial charge in [-0.2, -0.15) is 0 Å². The van der Waals surface area contributed by atoms with Crippen LogP contribution >= 0.6 is 0 Å². The molecule has 2 aromatic rings. The summed E-state index contributed by atoms with van der Waals surface area (Å²) in [5.74, 6) is 6.43. The number of anilines is 1. The van der Waals surface area contributed by atoms with Gasteiger partial charge < -0.3 is 59.6 Å². The van der Waals surface area contributed by atoms with Crippen LogP contribution in [-0.4, -0.2) is 124 Å². The smallest absolute Gasteiger partial charge is 0.229 e. The highest BCUT2D eigenvalue weighted by Gasteiger charge is 2.51. The van der Waals surface area contributed by atoms with Gasteiger partial charge in [-0.3, -0.25) is 0 Å². The Balaban J connectivity index is 1.42. The minimum atomic E-state index is -1.75. The Hall–Kier alpha value is -3.06. The Morgan fingerprint density at radius 3 is 2.12 bits per heavy atom. The average Bonchev–Trinajstić information content (AvgIpc) is 3.00. The summed E-state index contributed by atoms with van der Waals surface area (Å²) in [6.45, 7) is 0.450. The first-order chi connectivity index (χ1) is 20.5. The molecule has 12 nitrogen and oxygen atoms in total. The maximum atomic E-state index is 10.9. The van der Waals surface area contributed by atoms with Crippen LogP contribution in [0.4, 0.5) is 5.69 Å². The molecule has 0 aromatic heterocycles. The molecule has 10 atom stereocenters. The fraction of sp³-hybridized carbons (Fsp3) is 0.484. The summed E-state index contributed by atoms with van der Waals surface area (Å²) < 4.78 is 22.6. The number of hydrogen-bond acceptors (Lipinski definition) is 12. The van der Waals surface area contributed by atoms with Gasteiger partial charge in [-0.1, -0.05) is 24.0 Å². The SMILES string of the molecule is Cc1ccc(/C=C/C#Cc2ccc(N(C)C)cc2)cc1O[C@@H]1OC(CO)[C@@H](O[C@@H]2OC(CO)[C@@H](O)C(O)C2O)C(O)C1O. The molecule has 234 valence electrons. The van der Waals surface area contributed by atoms with Crippen molar-refractivity contribution in [3.8, 4) is 17.6 Å². The summed E-state index contributed by atoms with van der Waals surface area (Å²) in [5, 5.41) is 71.4. The Labute approximate surface area is 249 Å². The van der Waals surface area contributed by atoms with Gasteiger partial charge in [0.1, 0.15) is 54.6 Å². The van der Waals surface area contributed by atoms with Crippen LogP contribution in [0.25, 0.3) is 6.08 Å². The van der Waals surface area contributed by atoms with Gasteiger partial charge >= 0.3 is 0 Å². The van der Waals surface area contributed by atoms with Crippen molar-refractivity contribution in [2.75, 3.05) is 32.2 Å². The zero-order chi connectivity index (χ0) is 31.3. The monoisotopic (exact) mass is 601 g/mol. The molecule has 2 aliphatic rings. The zero-order valence-electron chi connectivity index (χ0n) is 24.1. The third-order valence-electron chi connectivity index (χ3n) is 7.38. The second-order valence-electron chi connectivity index (χ2n) is 10.7. The molecule has 0 saturated carbocycles. The van der Waals surface area contributed by atoms with Crippen molar-refractivity contribution < 1.29 is 54.7 Å². The Morgan fingerprint density at radius 1 is 0.814 bits per heavy atom. The number of ether oxygens (including phenoxy) is 4. The van der Waals surface area contributed by atoms with Crippen molar-refractivity contribution >= 4 is 11.8 Å². The van der Waals surface area contributed by atoms with E-state index in [1.165, 1.54) is 0 Å². The number of rotatable bonds is 8. The summed E-state index contributed by atoms with van der Waals surface area (Å²) >= 11 is 0. The molecular weight excluding hydrogens is 562 g/mol. The molecule has 7 N–H and O–H groups in total. The average molecular weight is 602 g/mol. The lowest BCUT2D eigenvalue weighted by Crippen LogP contribution is -2.65. The number of aryl methyl sites for hydroxylation is 1. The van der Waals surface area contributed by atoms with Crippen LogP contribution in [0.2, 0.25) is 0 Å². The predicted molar refractivity (Wildman–Crippen MR) is 155 cm³/mol.